The Balaban J connectivity index is 0.00000220. The second-order valence-corrected chi connectivity index (χ2v) is 4.96. The molecule has 1 unspecified atom stereocenters. The van der Waals surface area contributed by atoms with Gasteiger partial charge in [-0.3, -0.25) is 0 Å². The van der Waals surface area contributed by atoms with Crippen molar-refractivity contribution in [1.29, 1.82) is 0 Å². The molecule has 4 heteroatoms. The van der Waals surface area contributed by atoms with Crippen LogP contribution < -0.4 is 5.73 Å². The second kappa shape index (κ2) is 8.65. The molecule has 0 spiro atoms. The zero-order valence-electron chi connectivity index (χ0n) is 12.2. The number of unbranched alkanes of at least 4 members (excludes halogenated alkanes) is 2. The number of hydrogen-bond donors (Lipinski definition) is 1. The van der Waals surface area contributed by atoms with Gasteiger partial charge >= 0.3 is 5.97 Å². The smallest absolute Gasteiger partial charge is 0.327 e. The monoisotopic (exact) mass is 307 g/mol. The van der Waals surface area contributed by atoms with E-state index in [9.17, 15) is 4.79 Å². The van der Waals surface area contributed by atoms with E-state index in [-0.39, 0.29) is 18.4 Å². The summed E-state index contributed by atoms with van der Waals surface area (Å²) < 4.78 is 5.21. The molecule has 2 N–H and O–H groups in total. The molecule has 0 amide bonds. The third kappa shape index (κ3) is 4.73. The number of ether oxygens (including phenoxy) is 1. The van der Waals surface area contributed by atoms with Gasteiger partial charge in [-0.25, -0.2) is 4.79 Å². The van der Waals surface area contributed by atoms with Gasteiger partial charge in [-0.1, -0.05) is 56.2 Å². The van der Waals surface area contributed by atoms with Crippen molar-refractivity contribution >= 4 is 29.1 Å². The maximum absolute atomic E-state index is 11.9. The first-order valence-electron chi connectivity index (χ1n) is 7.13. The average molecular weight is 308 g/mol. The summed E-state index contributed by atoms with van der Waals surface area (Å²) in [6.45, 7) is 2.57. The number of rotatable bonds is 6. The molecular formula is C17H22ClNO2. The van der Waals surface area contributed by atoms with Crippen LogP contribution in [0.15, 0.2) is 42.5 Å². The molecule has 0 aliphatic rings. The van der Waals surface area contributed by atoms with Crippen LogP contribution in [-0.4, -0.2) is 12.6 Å². The zero-order chi connectivity index (χ0) is 14.4. The Labute approximate surface area is 131 Å². The van der Waals surface area contributed by atoms with Gasteiger partial charge in [-0.15, -0.1) is 12.4 Å². The van der Waals surface area contributed by atoms with Gasteiger partial charge in [0.1, 0.15) is 6.04 Å². The molecule has 21 heavy (non-hydrogen) atoms. The lowest BCUT2D eigenvalue weighted by molar-refractivity contribution is -0.145. The lowest BCUT2D eigenvalue weighted by Crippen LogP contribution is -2.24. The Kier molecular flexibility index (Phi) is 7.20. The number of esters is 1. The molecule has 0 saturated heterocycles. The Morgan fingerprint density at radius 3 is 2.57 bits per heavy atom. The highest BCUT2D eigenvalue weighted by molar-refractivity contribution is 5.86. The third-order valence-electron chi connectivity index (χ3n) is 3.38. The predicted molar refractivity (Wildman–Crippen MR) is 88.6 cm³/mol. The van der Waals surface area contributed by atoms with Crippen LogP contribution in [0.2, 0.25) is 0 Å². The van der Waals surface area contributed by atoms with Crippen LogP contribution in [0.5, 0.6) is 0 Å². The Bertz CT molecular complexity index is 586. The van der Waals surface area contributed by atoms with Crippen molar-refractivity contribution in [2.45, 2.75) is 32.2 Å². The van der Waals surface area contributed by atoms with E-state index in [1.807, 2.05) is 42.5 Å². The van der Waals surface area contributed by atoms with Crippen molar-refractivity contribution in [2.75, 3.05) is 6.61 Å². The van der Waals surface area contributed by atoms with E-state index in [0.717, 1.165) is 35.6 Å². The van der Waals surface area contributed by atoms with Crippen molar-refractivity contribution in [2.24, 2.45) is 5.73 Å². The van der Waals surface area contributed by atoms with E-state index in [0.29, 0.717) is 6.61 Å². The number of nitrogens with two attached hydrogens (primary N) is 1. The van der Waals surface area contributed by atoms with Gasteiger partial charge in [0.15, 0.2) is 0 Å². The van der Waals surface area contributed by atoms with Crippen molar-refractivity contribution in [1.82, 2.24) is 0 Å². The summed E-state index contributed by atoms with van der Waals surface area (Å²) in [4.78, 5) is 11.9. The first-order chi connectivity index (χ1) is 9.72. The molecule has 2 rings (SSSR count). The highest BCUT2D eigenvalue weighted by Crippen LogP contribution is 2.20. The lowest BCUT2D eigenvalue weighted by atomic mass is 10.0. The summed E-state index contributed by atoms with van der Waals surface area (Å²) in [5.41, 5.74) is 6.77. The van der Waals surface area contributed by atoms with Gasteiger partial charge in [-0.2, -0.15) is 0 Å². The van der Waals surface area contributed by atoms with E-state index < -0.39 is 6.04 Å². The highest BCUT2D eigenvalue weighted by atomic mass is 35.5. The number of hydrogen-bond acceptors (Lipinski definition) is 3. The topological polar surface area (TPSA) is 52.3 Å². The molecule has 0 radical (unpaired) electrons. The van der Waals surface area contributed by atoms with Crippen molar-refractivity contribution in [3.8, 4) is 0 Å². The Morgan fingerprint density at radius 1 is 1.14 bits per heavy atom. The molecule has 1 atom stereocenters. The molecule has 0 fully saturated rings. The first kappa shape index (κ1) is 17.5. The number of fused-ring (bicyclic) bond motifs is 1. The lowest BCUT2D eigenvalue weighted by Gasteiger charge is -2.12. The maximum atomic E-state index is 11.9. The molecule has 2 aromatic carbocycles. The summed E-state index contributed by atoms with van der Waals surface area (Å²) in [7, 11) is 0. The number of carbonyl (C=O) groups excluding carboxylic acids is 1. The predicted octanol–water partition coefficient (Wildman–Crippen LogP) is 3.99. The zero-order valence-corrected chi connectivity index (χ0v) is 13.1. The summed E-state index contributed by atoms with van der Waals surface area (Å²) in [6.07, 6.45) is 3.07. The first-order valence-corrected chi connectivity index (χ1v) is 7.13. The molecule has 0 heterocycles. The summed E-state index contributed by atoms with van der Waals surface area (Å²) in [5, 5.41) is 2.22. The summed E-state index contributed by atoms with van der Waals surface area (Å²) >= 11 is 0. The van der Waals surface area contributed by atoms with Gasteiger partial charge in [-0.05, 0) is 28.8 Å². The van der Waals surface area contributed by atoms with Crippen LogP contribution in [0.25, 0.3) is 10.8 Å². The van der Waals surface area contributed by atoms with Gasteiger partial charge in [0.2, 0.25) is 0 Å². The average Bonchev–Trinajstić information content (AvgIpc) is 2.50. The van der Waals surface area contributed by atoms with E-state index in [2.05, 4.69) is 6.92 Å². The molecule has 0 aliphatic heterocycles. The van der Waals surface area contributed by atoms with Crippen molar-refractivity contribution in [3.05, 3.63) is 48.0 Å². The van der Waals surface area contributed by atoms with Crippen LogP contribution in [-0.2, 0) is 9.53 Å². The minimum atomic E-state index is -0.707. The molecule has 3 nitrogen and oxygen atoms in total. The molecular weight excluding hydrogens is 286 g/mol. The van der Waals surface area contributed by atoms with Gasteiger partial charge in [0, 0.05) is 0 Å². The number of halogens is 1. The fourth-order valence-electron chi connectivity index (χ4n) is 2.15. The normalized spacial score (nSPS) is 11.7. The van der Waals surface area contributed by atoms with Crippen molar-refractivity contribution in [3.63, 3.8) is 0 Å². The van der Waals surface area contributed by atoms with Gasteiger partial charge in [0.05, 0.1) is 6.61 Å². The minimum Gasteiger partial charge on any atom is -0.464 e. The van der Waals surface area contributed by atoms with E-state index in [1.54, 1.807) is 0 Å². The number of benzene rings is 2. The Hall–Kier alpha value is -1.58. The minimum absolute atomic E-state index is 0. The number of carbonyl (C=O) groups is 1. The summed E-state index contributed by atoms with van der Waals surface area (Å²) in [5.74, 6) is -0.351. The van der Waals surface area contributed by atoms with Gasteiger partial charge in [0.25, 0.3) is 0 Å². The molecule has 2 aromatic rings. The highest BCUT2D eigenvalue weighted by Gasteiger charge is 2.17. The van der Waals surface area contributed by atoms with E-state index >= 15 is 0 Å². The van der Waals surface area contributed by atoms with Crippen LogP contribution in [0.3, 0.4) is 0 Å². The molecule has 0 bridgehead atoms. The third-order valence-corrected chi connectivity index (χ3v) is 3.38. The summed E-state index contributed by atoms with van der Waals surface area (Å²) in [6, 6.07) is 13.1. The Morgan fingerprint density at radius 2 is 1.86 bits per heavy atom. The second-order valence-electron chi connectivity index (χ2n) is 4.96. The fraction of sp³-hybridized carbons (Fsp3) is 0.353. The molecule has 0 saturated carbocycles. The maximum Gasteiger partial charge on any atom is 0.327 e. The van der Waals surface area contributed by atoms with Gasteiger partial charge < -0.3 is 10.5 Å². The van der Waals surface area contributed by atoms with Crippen LogP contribution in [0.1, 0.15) is 37.8 Å². The molecule has 114 valence electrons. The van der Waals surface area contributed by atoms with E-state index in [1.165, 1.54) is 0 Å². The SMILES string of the molecule is CCCCCOC(=O)C(N)c1ccc2ccccc2c1.Cl. The van der Waals surface area contributed by atoms with E-state index in [4.69, 9.17) is 10.5 Å². The van der Waals surface area contributed by atoms with Crippen LogP contribution in [0, 0.1) is 0 Å². The quantitative estimate of drug-likeness (QED) is 0.648. The standard InChI is InChI=1S/C17H21NO2.ClH/c1-2-3-6-11-20-17(19)16(18)15-10-9-13-7-4-5-8-14(13)12-15;/h4-5,7-10,12,16H,2-3,6,11,18H2,1H3;1H. The van der Waals surface area contributed by atoms with Crippen LogP contribution in [0.4, 0.5) is 0 Å². The molecule has 0 aliphatic carbocycles. The van der Waals surface area contributed by atoms with Crippen molar-refractivity contribution < 1.29 is 9.53 Å². The molecule has 0 aromatic heterocycles. The largest absolute Gasteiger partial charge is 0.464 e. The fourth-order valence-corrected chi connectivity index (χ4v) is 2.15. The van der Waals surface area contributed by atoms with Crippen LogP contribution >= 0.6 is 12.4 Å².